The largest absolute Gasteiger partial charge is 0.465 e. The van der Waals surface area contributed by atoms with Crippen molar-refractivity contribution in [1.82, 2.24) is 4.90 Å². The van der Waals surface area contributed by atoms with Crippen LogP contribution in [0.15, 0.2) is 0 Å². The molecule has 0 radical (unpaired) electrons. The predicted molar refractivity (Wildman–Crippen MR) is 74.9 cm³/mol. The predicted octanol–water partition coefficient (Wildman–Crippen LogP) is 1.15. The van der Waals surface area contributed by atoms with E-state index in [1.165, 1.54) is 0 Å². The van der Waals surface area contributed by atoms with Crippen LogP contribution in [0.1, 0.15) is 40.5 Å². The molecule has 0 amide bonds. The van der Waals surface area contributed by atoms with Crippen LogP contribution in [0.3, 0.4) is 0 Å². The molecule has 0 saturated carbocycles. The van der Waals surface area contributed by atoms with Crippen molar-refractivity contribution in [2.24, 2.45) is 5.73 Å². The number of esters is 1. The molecule has 1 aliphatic heterocycles. The van der Waals surface area contributed by atoms with Gasteiger partial charge in [-0.2, -0.15) is 0 Å². The molecule has 112 valence electrons. The highest BCUT2D eigenvalue weighted by Gasteiger charge is 2.36. The third kappa shape index (κ3) is 4.16. The highest BCUT2D eigenvalue weighted by Crippen LogP contribution is 2.23. The van der Waals surface area contributed by atoms with Gasteiger partial charge in [-0.05, 0) is 47.6 Å². The zero-order chi connectivity index (χ0) is 14.6. The van der Waals surface area contributed by atoms with Crippen molar-refractivity contribution in [3.05, 3.63) is 0 Å². The topological polar surface area (TPSA) is 64.8 Å². The molecule has 1 heterocycles. The smallest absolute Gasteiger partial charge is 0.325 e. The molecule has 1 fully saturated rings. The lowest BCUT2D eigenvalue weighted by molar-refractivity contribution is -0.149. The van der Waals surface area contributed by atoms with Crippen molar-refractivity contribution < 1.29 is 14.3 Å². The van der Waals surface area contributed by atoms with E-state index in [-0.39, 0.29) is 18.1 Å². The summed E-state index contributed by atoms with van der Waals surface area (Å²) in [5.74, 6) is -0.328. The van der Waals surface area contributed by atoms with Gasteiger partial charge in [0.2, 0.25) is 0 Å². The van der Waals surface area contributed by atoms with Gasteiger partial charge in [-0.3, -0.25) is 9.69 Å². The van der Waals surface area contributed by atoms with Crippen molar-refractivity contribution in [2.75, 3.05) is 20.3 Å². The molecule has 0 aliphatic carbocycles. The van der Waals surface area contributed by atoms with Crippen molar-refractivity contribution in [3.63, 3.8) is 0 Å². The number of nitrogens with two attached hydrogens (primary N) is 1. The van der Waals surface area contributed by atoms with E-state index >= 15 is 0 Å². The molecule has 2 N–H and O–H groups in total. The van der Waals surface area contributed by atoms with E-state index < -0.39 is 5.54 Å². The molecule has 5 nitrogen and oxygen atoms in total. The first-order valence-corrected chi connectivity index (χ1v) is 7.09. The fraction of sp³-hybridized carbons (Fsp3) is 0.929. The molecular formula is C14H28N2O3. The van der Waals surface area contributed by atoms with Gasteiger partial charge in [0.1, 0.15) is 5.54 Å². The Morgan fingerprint density at radius 1 is 1.63 bits per heavy atom. The van der Waals surface area contributed by atoms with Gasteiger partial charge in [0.15, 0.2) is 0 Å². The number of hydrogen-bond donors (Lipinski definition) is 1. The van der Waals surface area contributed by atoms with E-state index in [1.54, 1.807) is 13.8 Å². The third-order valence-electron chi connectivity index (χ3n) is 4.02. The maximum Gasteiger partial charge on any atom is 0.325 e. The molecule has 0 spiro atoms. The highest BCUT2D eigenvalue weighted by atomic mass is 16.5. The van der Waals surface area contributed by atoms with Crippen LogP contribution in [0.25, 0.3) is 0 Å². The summed E-state index contributed by atoms with van der Waals surface area (Å²) < 4.78 is 10.6. The Balaban J connectivity index is 2.57. The molecular weight excluding hydrogens is 244 g/mol. The van der Waals surface area contributed by atoms with Gasteiger partial charge in [-0.1, -0.05) is 0 Å². The molecule has 1 aliphatic rings. The Hall–Kier alpha value is -0.650. The van der Waals surface area contributed by atoms with Crippen molar-refractivity contribution >= 4 is 5.97 Å². The first-order chi connectivity index (χ1) is 8.79. The maximum absolute atomic E-state index is 11.8. The van der Waals surface area contributed by atoms with Crippen molar-refractivity contribution in [2.45, 2.75) is 64.3 Å². The van der Waals surface area contributed by atoms with Crippen LogP contribution in [0.2, 0.25) is 0 Å². The Labute approximate surface area is 116 Å². The Bertz CT molecular complexity index is 307. The van der Waals surface area contributed by atoms with Crippen molar-refractivity contribution in [1.29, 1.82) is 0 Å². The number of likely N-dealkylation sites (N-methyl/N-ethyl adjacent to an activating group) is 1. The number of rotatable bonds is 6. The van der Waals surface area contributed by atoms with Gasteiger partial charge in [-0.25, -0.2) is 0 Å². The van der Waals surface area contributed by atoms with Crippen LogP contribution in [0.4, 0.5) is 0 Å². The van der Waals surface area contributed by atoms with Crippen LogP contribution in [-0.4, -0.2) is 54.9 Å². The Morgan fingerprint density at radius 2 is 2.26 bits per heavy atom. The minimum atomic E-state index is -0.938. The number of carbonyl (C=O) groups excluding carboxylic acids is 1. The van der Waals surface area contributed by atoms with Gasteiger partial charge < -0.3 is 15.2 Å². The summed E-state index contributed by atoms with van der Waals surface area (Å²) in [5.41, 5.74) is 5.15. The summed E-state index contributed by atoms with van der Waals surface area (Å²) in [7, 11) is 2.07. The lowest BCUT2D eigenvalue weighted by Crippen LogP contribution is -2.52. The molecule has 0 aromatic rings. The SMILES string of the molecule is CCOC(=O)C(C)(N)CC(C)N(C)C1CCOC1C. The fourth-order valence-corrected chi connectivity index (χ4v) is 2.72. The number of nitrogens with zero attached hydrogens (tertiary/aromatic N) is 1. The number of carbonyl (C=O) groups is 1. The van der Waals surface area contributed by atoms with Gasteiger partial charge in [0.05, 0.1) is 12.7 Å². The summed E-state index contributed by atoms with van der Waals surface area (Å²) >= 11 is 0. The van der Waals surface area contributed by atoms with Gasteiger partial charge in [0, 0.05) is 18.7 Å². The number of hydrogen-bond acceptors (Lipinski definition) is 5. The van der Waals surface area contributed by atoms with E-state index in [9.17, 15) is 4.79 Å². The molecule has 4 unspecified atom stereocenters. The molecule has 0 bridgehead atoms. The van der Waals surface area contributed by atoms with Crippen LogP contribution in [-0.2, 0) is 14.3 Å². The second kappa shape index (κ2) is 6.68. The van der Waals surface area contributed by atoms with E-state index in [2.05, 4.69) is 25.8 Å². The Morgan fingerprint density at radius 3 is 2.74 bits per heavy atom. The minimum absolute atomic E-state index is 0.202. The molecule has 0 aromatic carbocycles. The second-order valence-electron chi connectivity index (χ2n) is 5.79. The van der Waals surface area contributed by atoms with Crippen LogP contribution >= 0.6 is 0 Å². The first-order valence-electron chi connectivity index (χ1n) is 7.09. The van der Waals surface area contributed by atoms with Gasteiger partial charge >= 0.3 is 5.97 Å². The first kappa shape index (κ1) is 16.4. The van der Waals surface area contributed by atoms with Gasteiger partial charge in [-0.15, -0.1) is 0 Å². The lowest BCUT2D eigenvalue weighted by Gasteiger charge is -2.35. The average molecular weight is 272 g/mol. The second-order valence-corrected chi connectivity index (χ2v) is 5.79. The summed E-state index contributed by atoms with van der Waals surface area (Å²) in [6.07, 6.45) is 1.84. The molecule has 4 atom stereocenters. The maximum atomic E-state index is 11.8. The number of ether oxygens (including phenoxy) is 2. The molecule has 19 heavy (non-hydrogen) atoms. The summed E-state index contributed by atoms with van der Waals surface area (Å²) in [4.78, 5) is 14.1. The Kier molecular flexibility index (Phi) is 5.77. The van der Waals surface area contributed by atoms with Crippen LogP contribution in [0, 0.1) is 0 Å². The summed E-state index contributed by atoms with van der Waals surface area (Å²) in [5, 5.41) is 0. The molecule has 1 saturated heterocycles. The molecule has 5 heteroatoms. The van der Waals surface area contributed by atoms with E-state index in [0.29, 0.717) is 19.1 Å². The quantitative estimate of drug-likeness (QED) is 0.735. The minimum Gasteiger partial charge on any atom is -0.465 e. The monoisotopic (exact) mass is 272 g/mol. The van der Waals surface area contributed by atoms with Crippen LogP contribution in [0.5, 0.6) is 0 Å². The van der Waals surface area contributed by atoms with Crippen LogP contribution < -0.4 is 5.73 Å². The zero-order valence-corrected chi connectivity index (χ0v) is 12.8. The van der Waals surface area contributed by atoms with Gasteiger partial charge in [0.25, 0.3) is 0 Å². The standard InChI is InChI=1S/C14H28N2O3/c1-6-18-13(17)14(4,15)9-10(2)16(5)12-7-8-19-11(12)3/h10-12H,6-9,15H2,1-5H3. The molecule has 1 rings (SSSR count). The normalized spacial score (nSPS) is 28.2. The summed E-state index contributed by atoms with van der Waals surface area (Å²) in [6.45, 7) is 8.89. The third-order valence-corrected chi connectivity index (χ3v) is 4.02. The van der Waals surface area contributed by atoms with E-state index in [0.717, 1.165) is 13.0 Å². The van der Waals surface area contributed by atoms with E-state index in [4.69, 9.17) is 15.2 Å². The average Bonchev–Trinajstić information content (AvgIpc) is 2.74. The lowest BCUT2D eigenvalue weighted by atomic mass is 9.93. The summed E-state index contributed by atoms with van der Waals surface area (Å²) in [6, 6.07) is 0.599. The fourth-order valence-electron chi connectivity index (χ4n) is 2.72. The van der Waals surface area contributed by atoms with E-state index in [1.807, 2.05) is 0 Å². The highest BCUT2D eigenvalue weighted by molar-refractivity contribution is 5.80. The molecule has 0 aromatic heterocycles. The zero-order valence-electron chi connectivity index (χ0n) is 12.8. The van der Waals surface area contributed by atoms with Crippen molar-refractivity contribution in [3.8, 4) is 0 Å².